The van der Waals surface area contributed by atoms with Gasteiger partial charge in [-0.15, -0.1) is 10.2 Å². The van der Waals surface area contributed by atoms with Gasteiger partial charge in [0, 0.05) is 23.4 Å². The van der Waals surface area contributed by atoms with Crippen molar-refractivity contribution in [1.82, 2.24) is 19.6 Å². The van der Waals surface area contributed by atoms with E-state index in [1.54, 1.807) is 18.9 Å². The Hall–Kier alpha value is -3.26. The first-order chi connectivity index (χ1) is 14.5. The molecule has 4 heterocycles. The van der Waals surface area contributed by atoms with Crippen LogP contribution in [0.3, 0.4) is 0 Å². The van der Waals surface area contributed by atoms with E-state index < -0.39 is 0 Å². The van der Waals surface area contributed by atoms with Gasteiger partial charge in [0.05, 0.1) is 23.8 Å². The molecule has 5 rings (SSSR count). The number of aryl methyl sites for hydroxylation is 3. The van der Waals surface area contributed by atoms with Gasteiger partial charge in [-0.3, -0.25) is 4.40 Å². The molecule has 0 aliphatic rings. The molecule has 0 fully saturated rings. The van der Waals surface area contributed by atoms with Crippen molar-refractivity contribution in [3.8, 4) is 17.2 Å². The second-order valence-electron chi connectivity index (χ2n) is 7.06. The van der Waals surface area contributed by atoms with Gasteiger partial charge in [0.25, 0.3) is 0 Å². The van der Waals surface area contributed by atoms with Crippen LogP contribution in [0, 0.1) is 20.8 Å². The summed E-state index contributed by atoms with van der Waals surface area (Å²) in [5, 5.41) is 9.58. The summed E-state index contributed by atoms with van der Waals surface area (Å²) in [5.41, 5.74) is 4.63. The topological polar surface area (TPSA) is 78.6 Å². The van der Waals surface area contributed by atoms with Gasteiger partial charge in [-0.2, -0.15) is 0 Å². The van der Waals surface area contributed by atoms with Crippen LogP contribution in [0.5, 0.6) is 5.75 Å². The van der Waals surface area contributed by atoms with Gasteiger partial charge in [0.1, 0.15) is 28.1 Å². The molecule has 1 aromatic carbocycles. The molecule has 0 atom stereocenters. The lowest BCUT2D eigenvalue weighted by atomic mass is 10.2. The van der Waals surface area contributed by atoms with E-state index in [1.165, 1.54) is 0 Å². The van der Waals surface area contributed by atoms with Crippen LogP contribution in [0.4, 0.5) is 0 Å². The molecule has 0 bridgehead atoms. The summed E-state index contributed by atoms with van der Waals surface area (Å²) < 4.78 is 19.0. The molecule has 0 saturated carbocycles. The molecule has 0 spiro atoms. The van der Waals surface area contributed by atoms with Gasteiger partial charge in [-0.25, -0.2) is 4.98 Å². The van der Waals surface area contributed by atoms with Crippen LogP contribution in [0.25, 0.3) is 28.1 Å². The molecule has 0 aliphatic carbocycles. The van der Waals surface area contributed by atoms with E-state index in [1.807, 2.05) is 57.2 Å². The second kappa shape index (κ2) is 7.21. The Kier molecular flexibility index (Phi) is 4.51. The van der Waals surface area contributed by atoms with Crippen LogP contribution < -0.4 is 4.74 Å². The molecule has 0 unspecified atom stereocenters. The molecule has 8 heteroatoms. The quantitative estimate of drug-likeness (QED) is 0.354. The predicted molar refractivity (Wildman–Crippen MR) is 115 cm³/mol. The molecule has 152 valence electrons. The summed E-state index contributed by atoms with van der Waals surface area (Å²) >= 11 is 1.58. The van der Waals surface area contributed by atoms with Gasteiger partial charge >= 0.3 is 0 Å². The van der Waals surface area contributed by atoms with Crippen molar-refractivity contribution in [3.63, 3.8) is 0 Å². The van der Waals surface area contributed by atoms with E-state index in [2.05, 4.69) is 14.6 Å². The summed E-state index contributed by atoms with van der Waals surface area (Å²) in [6, 6.07) is 11.7. The number of hydrogen-bond donors (Lipinski definition) is 0. The zero-order chi connectivity index (χ0) is 20.8. The molecular weight excluding hydrogens is 400 g/mol. The van der Waals surface area contributed by atoms with Crippen LogP contribution in [0.2, 0.25) is 0 Å². The number of oxazole rings is 1. The van der Waals surface area contributed by atoms with Crippen LogP contribution in [0.1, 0.15) is 23.0 Å². The van der Waals surface area contributed by atoms with Crippen molar-refractivity contribution < 1.29 is 13.6 Å². The Labute approximate surface area is 177 Å². The van der Waals surface area contributed by atoms with Gasteiger partial charge in [-0.05, 0) is 45.0 Å². The van der Waals surface area contributed by atoms with Crippen molar-refractivity contribution >= 4 is 28.4 Å². The van der Waals surface area contributed by atoms with Gasteiger partial charge < -0.3 is 13.6 Å². The summed E-state index contributed by atoms with van der Waals surface area (Å²) in [6.45, 7) is 5.82. The summed E-state index contributed by atoms with van der Waals surface area (Å²) in [4.78, 5) is 4.69. The first-order valence-electron chi connectivity index (χ1n) is 9.52. The number of rotatable bonds is 5. The van der Waals surface area contributed by atoms with Crippen LogP contribution in [-0.2, 0) is 5.75 Å². The third-order valence-electron chi connectivity index (χ3n) is 5.02. The number of methoxy groups -OCH3 is 1. The minimum atomic E-state index is 0.599. The van der Waals surface area contributed by atoms with E-state index in [-0.39, 0.29) is 0 Å². The number of furan rings is 1. The largest absolute Gasteiger partial charge is 0.497 e. The lowest BCUT2D eigenvalue weighted by Gasteiger charge is -2.04. The average Bonchev–Trinajstić information content (AvgIpc) is 3.39. The number of benzene rings is 1. The first-order valence-corrected chi connectivity index (χ1v) is 10.5. The molecule has 7 nitrogen and oxygen atoms in total. The fourth-order valence-electron chi connectivity index (χ4n) is 3.49. The van der Waals surface area contributed by atoms with Crippen LogP contribution >= 0.6 is 11.8 Å². The monoisotopic (exact) mass is 420 g/mol. The summed E-state index contributed by atoms with van der Waals surface area (Å²) in [7, 11) is 1.65. The zero-order valence-electron chi connectivity index (χ0n) is 17.1. The maximum absolute atomic E-state index is 5.90. The number of aromatic nitrogens is 4. The predicted octanol–water partition coefficient (Wildman–Crippen LogP) is 5.36. The summed E-state index contributed by atoms with van der Waals surface area (Å²) in [6.07, 6.45) is 0. The van der Waals surface area contributed by atoms with Crippen LogP contribution in [0.15, 0.2) is 50.3 Å². The number of ether oxygens (including phenoxy) is 1. The van der Waals surface area contributed by atoms with Crippen molar-refractivity contribution in [3.05, 3.63) is 59.4 Å². The summed E-state index contributed by atoms with van der Waals surface area (Å²) in [5.74, 6) is 4.53. The van der Waals surface area contributed by atoms with Crippen molar-refractivity contribution in [1.29, 1.82) is 0 Å². The van der Waals surface area contributed by atoms with E-state index in [0.29, 0.717) is 11.6 Å². The maximum atomic E-state index is 5.90. The fraction of sp³-hybridized carbons (Fsp3) is 0.227. The number of thioether (sulfide) groups is 1. The van der Waals surface area contributed by atoms with Gasteiger partial charge in [0.15, 0.2) is 5.58 Å². The molecule has 0 aliphatic heterocycles. The van der Waals surface area contributed by atoms with E-state index in [0.717, 1.165) is 56.0 Å². The third-order valence-corrected chi connectivity index (χ3v) is 6.00. The smallest absolute Gasteiger partial charge is 0.226 e. The number of nitrogens with zero attached hydrogens (tertiary/aromatic N) is 4. The molecular formula is C22H20N4O3S. The molecule has 0 amide bonds. The number of hydrogen-bond acceptors (Lipinski definition) is 7. The molecule has 5 aromatic rings. The Bertz CT molecular complexity index is 1370. The molecule has 0 radical (unpaired) electrons. The van der Waals surface area contributed by atoms with Gasteiger partial charge in [0.2, 0.25) is 5.89 Å². The normalized spacial score (nSPS) is 11.6. The highest BCUT2D eigenvalue weighted by Crippen LogP contribution is 2.32. The Morgan fingerprint density at radius 2 is 1.80 bits per heavy atom. The van der Waals surface area contributed by atoms with Crippen molar-refractivity contribution in [2.24, 2.45) is 0 Å². The van der Waals surface area contributed by atoms with E-state index in [9.17, 15) is 0 Å². The van der Waals surface area contributed by atoms with E-state index in [4.69, 9.17) is 18.6 Å². The fourth-order valence-corrected chi connectivity index (χ4v) is 4.43. The minimum absolute atomic E-state index is 0.599. The SMILES string of the molecule is COc1ccc(-c2nc(CSc3nnc(C)n4c3cc3oc(C)cc34)c(C)o2)cc1. The molecule has 0 N–H and O–H groups in total. The standard InChI is InChI=1S/C22H20N4O3S/c1-12-9-18-20(28-12)10-19-22(25-24-14(3)26(18)19)30-11-17-13(2)29-21(23-17)15-5-7-16(27-4)8-6-15/h5-10H,11H2,1-4H3. The average molecular weight is 420 g/mol. The third kappa shape index (κ3) is 3.13. The zero-order valence-corrected chi connectivity index (χ0v) is 17.9. The highest BCUT2D eigenvalue weighted by molar-refractivity contribution is 7.98. The minimum Gasteiger partial charge on any atom is -0.497 e. The molecule has 30 heavy (non-hydrogen) atoms. The Balaban J connectivity index is 1.43. The first kappa shape index (κ1) is 18.7. The van der Waals surface area contributed by atoms with Gasteiger partial charge in [-0.1, -0.05) is 11.8 Å². The van der Waals surface area contributed by atoms with E-state index >= 15 is 0 Å². The Morgan fingerprint density at radius 1 is 1.00 bits per heavy atom. The highest BCUT2D eigenvalue weighted by atomic mass is 32.2. The molecule has 4 aromatic heterocycles. The van der Waals surface area contributed by atoms with Crippen LogP contribution in [-0.4, -0.2) is 26.7 Å². The maximum Gasteiger partial charge on any atom is 0.226 e. The Morgan fingerprint density at radius 3 is 2.57 bits per heavy atom. The van der Waals surface area contributed by atoms with Crippen molar-refractivity contribution in [2.45, 2.75) is 31.6 Å². The molecule has 0 saturated heterocycles. The lowest BCUT2D eigenvalue weighted by molar-refractivity contribution is 0.415. The highest BCUT2D eigenvalue weighted by Gasteiger charge is 2.17. The number of fused-ring (bicyclic) bond motifs is 3. The van der Waals surface area contributed by atoms with Crippen molar-refractivity contribution in [2.75, 3.05) is 7.11 Å². The lowest BCUT2D eigenvalue weighted by Crippen LogP contribution is -2.00. The second-order valence-corrected chi connectivity index (χ2v) is 8.03.